The van der Waals surface area contributed by atoms with Crippen molar-refractivity contribution in [3.8, 4) is 16.9 Å². The van der Waals surface area contributed by atoms with Crippen LogP contribution in [0.15, 0.2) is 41.2 Å². The summed E-state index contributed by atoms with van der Waals surface area (Å²) in [7, 11) is 0. The minimum atomic E-state index is -5.09. The molecule has 1 heterocycles. The van der Waals surface area contributed by atoms with Crippen LogP contribution in [0.25, 0.3) is 21.2 Å². The molecule has 2 aromatic carbocycles. The van der Waals surface area contributed by atoms with Gasteiger partial charge in [-0.2, -0.15) is 26.3 Å². The molecule has 6 nitrogen and oxygen atoms in total. The van der Waals surface area contributed by atoms with Gasteiger partial charge in [0.15, 0.2) is 0 Å². The molecule has 0 aliphatic heterocycles. The largest absolute Gasteiger partial charge is 0.506 e. The Hall–Kier alpha value is -3.61. The van der Waals surface area contributed by atoms with Crippen LogP contribution in [0.5, 0.6) is 5.75 Å². The van der Waals surface area contributed by atoms with Crippen LogP contribution in [-0.2, 0) is 17.1 Å². The Morgan fingerprint density at radius 2 is 1.55 bits per heavy atom. The predicted octanol–water partition coefficient (Wildman–Crippen LogP) is 4.49. The van der Waals surface area contributed by atoms with E-state index in [9.17, 15) is 45.8 Å². The fourth-order valence-corrected chi connectivity index (χ4v) is 4.04. The second-order valence-corrected chi connectivity index (χ2v) is 7.65. The van der Waals surface area contributed by atoms with Gasteiger partial charge in [-0.25, -0.2) is 0 Å². The van der Waals surface area contributed by atoms with Crippen molar-refractivity contribution in [3.63, 3.8) is 0 Å². The average molecular weight is 491 g/mol. The fourth-order valence-electron chi connectivity index (χ4n) is 2.99. The maximum atomic E-state index is 13.2. The Morgan fingerprint density at radius 3 is 2.06 bits per heavy atom. The molecule has 174 valence electrons. The molecule has 0 unspecified atom stereocenters. The second kappa shape index (κ2) is 8.39. The van der Waals surface area contributed by atoms with Crippen LogP contribution in [0.1, 0.15) is 21.5 Å². The van der Waals surface area contributed by atoms with Gasteiger partial charge in [-0.3, -0.25) is 14.4 Å². The lowest BCUT2D eigenvalue weighted by molar-refractivity contribution is -0.143. The molecule has 1 amide bonds. The van der Waals surface area contributed by atoms with Crippen molar-refractivity contribution in [3.05, 3.63) is 62.6 Å². The van der Waals surface area contributed by atoms with Crippen LogP contribution in [0.4, 0.5) is 26.3 Å². The van der Waals surface area contributed by atoms with Gasteiger partial charge in [-0.1, -0.05) is 23.5 Å². The molecular formula is C20H11F6NO5S. The van der Waals surface area contributed by atoms with E-state index in [0.29, 0.717) is 23.5 Å². The van der Waals surface area contributed by atoms with Gasteiger partial charge in [0, 0.05) is 10.1 Å². The first-order valence-corrected chi connectivity index (χ1v) is 9.60. The Balaban J connectivity index is 2.27. The topological polar surface area (TPSA) is 104 Å². The maximum absolute atomic E-state index is 13.2. The van der Waals surface area contributed by atoms with Gasteiger partial charge in [0.25, 0.3) is 5.91 Å². The summed E-state index contributed by atoms with van der Waals surface area (Å²) in [5.74, 6) is -3.52. The smallest absolute Gasteiger partial charge is 0.416 e. The zero-order valence-electron chi connectivity index (χ0n) is 16.0. The normalized spacial score (nSPS) is 12.1. The second-order valence-electron chi connectivity index (χ2n) is 6.67. The summed E-state index contributed by atoms with van der Waals surface area (Å²) in [5.41, 5.74) is -4.65. The van der Waals surface area contributed by atoms with Crippen molar-refractivity contribution < 1.29 is 46.1 Å². The molecule has 3 N–H and O–H groups in total. The van der Waals surface area contributed by atoms with Gasteiger partial charge in [0.1, 0.15) is 17.9 Å². The highest BCUT2D eigenvalue weighted by Crippen LogP contribution is 2.41. The van der Waals surface area contributed by atoms with Crippen molar-refractivity contribution in [1.29, 1.82) is 0 Å². The highest BCUT2D eigenvalue weighted by molar-refractivity contribution is 7.17. The number of carbonyl (C=O) groups excluding carboxylic acids is 1. The first kappa shape index (κ1) is 24.0. The van der Waals surface area contributed by atoms with Gasteiger partial charge in [0.05, 0.1) is 11.1 Å². The number of benzene rings is 2. The molecule has 33 heavy (non-hydrogen) atoms. The van der Waals surface area contributed by atoms with Crippen LogP contribution in [-0.4, -0.2) is 28.6 Å². The minimum absolute atomic E-state index is 0.0422. The lowest BCUT2D eigenvalue weighted by atomic mass is 9.97. The third-order valence-corrected chi connectivity index (χ3v) is 5.47. The molecule has 1 aromatic heterocycles. The van der Waals surface area contributed by atoms with Crippen LogP contribution in [0.3, 0.4) is 0 Å². The van der Waals surface area contributed by atoms with E-state index in [-0.39, 0.29) is 21.7 Å². The summed E-state index contributed by atoms with van der Waals surface area (Å²) >= 11 is 0.307. The van der Waals surface area contributed by atoms with Crippen LogP contribution in [0.2, 0.25) is 0 Å². The van der Waals surface area contributed by atoms with E-state index in [1.54, 1.807) is 0 Å². The van der Waals surface area contributed by atoms with E-state index in [1.165, 1.54) is 12.1 Å². The number of alkyl halides is 6. The van der Waals surface area contributed by atoms with Crippen molar-refractivity contribution in [2.24, 2.45) is 0 Å². The number of aromatic hydroxyl groups is 1. The summed E-state index contributed by atoms with van der Waals surface area (Å²) in [5, 5.41) is 20.8. The summed E-state index contributed by atoms with van der Waals surface area (Å²) < 4.78 is 78.1. The van der Waals surface area contributed by atoms with Gasteiger partial charge >= 0.3 is 18.3 Å². The van der Waals surface area contributed by atoms with Crippen LogP contribution < -0.4 is 10.1 Å². The molecule has 0 bridgehead atoms. The number of amides is 1. The van der Waals surface area contributed by atoms with Crippen molar-refractivity contribution in [2.75, 3.05) is 6.54 Å². The van der Waals surface area contributed by atoms with E-state index in [4.69, 9.17) is 5.11 Å². The summed E-state index contributed by atoms with van der Waals surface area (Å²) in [6, 6.07) is 4.49. The van der Waals surface area contributed by atoms with E-state index >= 15 is 0 Å². The molecule has 3 aromatic rings. The number of rotatable bonds is 4. The van der Waals surface area contributed by atoms with Crippen molar-refractivity contribution in [2.45, 2.75) is 12.4 Å². The molecule has 0 saturated heterocycles. The molecule has 0 saturated carbocycles. The first-order chi connectivity index (χ1) is 15.2. The fraction of sp³-hybridized carbons (Fsp3) is 0.150. The SMILES string of the molecule is O=C(O)CNC(=O)c1c(O)c2cccc(-c3cc(C(F)(F)F)cc(C(F)(F)F)c3)c2sc1=O. The van der Waals surface area contributed by atoms with Gasteiger partial charge < -0.3 is 15.5 Å². The van der Waals surface area contributed by atoms with Crippen molar-refractivity contribution >= 4 is 33.3 Å². The van der Waals surface area contributed by atoms with Gasteiger partial charge in [-0.15, -0.1) is 0 Å². The average Bonchev–Trinajstić information content (AvgIpc) is 2.70. The standard InChI is InChI=1S/C20H11F6NO5S/c21-19(22,23)9-4-8(5-10(6-9)20(24,25)26)11-2-1-3-12-15(30)14(18(32)33-16(11)12)17(31)27-7-13(28)29/h1-6,30H,7H2,(H,27,31)(H,28,29). The molecule has 0 atom stereocenters. The number of carbonyl (C=O) groups is 2. The number of aliphatic carboxylic acids is 1. The number of carboxylic acids is 1. The molecule has 13 heteroatoms. The number of fused-ring (bicyclic) bond motifs is 1. The van der Waals surface area contributed by atoms with Crippen molar-refractivity contribution in [1.82, 2.24) is 5.32 Å². The van der Waals surface area contributed by atoms with Gasteiger partial charge in [-0.05, 0) is 35.4 Å². The highest BCUT2D eigenvalue weighted by atomic mass is 32.1. The van der Waals surface area contributed by atoms with E-state index < -0.39 is 63.5 Å². The van der Waals surface area contributed by atoms with Crippen LogP contribution in [0, 0.1) is 0 Å². The molecule has 0 fully saturated rings. The molecule has 3 rings (SSSR count). The van der Waals surface area contributed by atoms with E-state index in [1.807, 2.05) is 5.32 Å². The van der Waals surface area contributed by atoms with Crippen LogP contribution >= 0.6 is 11.3 Å². The Kier molecular flexibility index (Phi) is 6.11. The Labute approximate surface area is 183 Å². The molecule has 0 aliphatic carbocycles. The monoisotopic (exact) mass is 491 g/mol. The third kappa shape index (κ3) is 4.92. The number of carboxylic acid groups (broad SMARTS) is 1. The molecule has 0 radical (unpaired) electrons. The predicted molar refractivity (Wildman–Crippen MR) is 105 cm³/mol. The summed E-state index contributed by atoms with van der Waals surface area (Å²) in [6.07, 6.45) is -10.2. The molecule has 0 spiro atoms. The lowest BCUT2D eigenvalue weighted by Gasteiger charge is -2.15. The maximum Gasteiger partial charge on any atom is 0.416 e. The summed E-state index contributed by atoms with van der Waals surface area (Å²) in [4.78, 5) is 35.2. The number of hydrogen-bond acceptors (Lipinski definition) is 5. The minimum Gasteiger partial charge on any atom is -0.506 e. The Bertz CT molecular complexity index is 1300. The summed E-state index contributed by atoms with van der Waals surface area (Å²) in [6.45, 7) is -0.856. The zero-order valence-corrected chi connectivity index (χ0v) is 16.8. The highest BCUT2D eigenvalue weighted by Gasteiger charge is 2.37. The quantitative estimate of drug-likeness (QED) is 0.467. The first-order valence-electron chi connectivity index (χ1n) is 8.78. The van der Waals surface area contributed by atoms with E-state index in [2.05, 4.69) is 0 Å². The molecular weight excluding hydrogens is 480 g/mol. The number of halogens is 6. The molecule has 0 aliphatic rings. The number of nitrogens with one attached hydrogen (secondary N) is 1. The third-order valence-electron chi connectivity index (χ3n) is 4.43. The Morgan fingerprint density at radius 1 is 0.970 bits per heavy atom. The zero-order chi connectivity index (χ0) is 24.7. The lowest BCUT2D eigenvalue weighted by Crippen LogP contribution is -2.32. The number of hydrogen-bond donors (Lipinski definition) is 3. The van der Waals surface area contributed by atoms with E-state index in [0.717, 1.165) is 6.07 Å². The van der Waals surface area contributed by atoms with Gasteiger partial charge in [0.2, 0.25) is 4.74 Å².